The van der Waals surface area contributed by atoms with Gasteiger partial charge in [-0.2, -0.15) is 0 Å². The van der Waals surface area contributed by atoms with Crippen LogP contribution in [0.2, 0.25) is 0 Å². The molecule has 1 fully saturated rings. The van der Waals surface area contributed by atoms with E-state index in [1.165, 1.54) is 14.2 Å². The third-order valence-corrected chi connectivity index (χ3v) is 4.77. The van der Waals surface area contributed by atoms with Crippen LogP contribution in [-0.4, -0.2) is 60.4 Å². The van der Waals surface area contributed by atoms with Crippen molar-refractivity contribution in [1.29, 1.82) is 0 Å². The predicted octanol–water partition coefficient (Wildman–Crippen LogP) is 1.82. The molecule has 1 aliphatic heterocycles. The van der Waals surface area contributed by atoms with Crippen LogP contribution in [0.25, 0.3) is 0 Å². The highest BCUT2D eigenvalue weighted by molar-refractivity contribution is 5.89. The van der Waals surface area contributed by atoms with E-state index in [1.807, 2.05) is 0 Å². The van der Waals surface area contributed by atoms with Gasteiger partial charge in [0.05, 0.1) is 38.6 Å². The second-order valence-corrected chi connectivity index (χ2v) is 6.68. The molecule has 0 spiro atoms. The summed E-state index contributed by atoms with van der Waals surface area (Å²) in [7, 11) is 2.81. The van der Waals surface area contributed by atoms with E-state index >= 15 is 0 Å². The van der Waals surface area contributed by atoms with Crippen LogP contribution in [0.15, 0.2) is 42.5 Å². The number of hydrogen-bond donors (Lipinski definition) is 3. The lowest BCUT2D eigenvalue weighted by atomic mass is 9.93. The molecule has 2 aromatic carbocycles. The number of methoxy groups -OCH3 is 2. The zero-order valence-electron chi connectivity index (χ0n) is 16.1. The lowest BCUT2D eigenvalue weighted by Crippen LogP contribution is -2.44. The van der Waals surface area contributed by atoms with Gasteiger partial charge in [-0.1, -0.05) is 6.07 Å². The van der Waals surface area contributed by atoms with Gasteiger partial charge in [0.25, 0.3) is 0 Å². The van der Waals surface area contributed by atoms with Crippen LogP contribution in [0.5, 0.6) is 17.2 Å². The first-order valence-electron chi connectivity index (χ1n) is 9.13. The number of aliphatic hydroxyl groups excluding tert-OH is 3. The van der Waals surface area contributed by atoms with Gasteiger partial charge in [0.2, 0.25) is 0 Å². The van der Waals surface area contributed by atoms with E-state index in [9.17, 15) is 20.1 Å². The lowest BCUT2D eigenvalue weighted by molar-refractivity contribution is -0.179. The van der Waals surface area contributed by atoms with Crippen molar-refractivity contribution >= 4 is 5.97 Å². The number of esters is 1. The number of rotatable bonds is 6. The molecule has 1 aliphatic rings. The van der Waals surface area contributed by atoms with Gasteiger partial charge < -0.3 is 34.3 Å². The second kappa shape index (κ2) is 9.23. The number of ether oxygens (including phenoxy) is 4. The first-order valence-corrected chi connectivity index (χ1v) is 9.13. The minimum atomic E-state index is -1.14. The maximum Gasteiger partial charge on any atom is 0.337 e. The summed E-state index contributed by atoms with van der Waals surface area (Å²) in [6, 6.07) is 11.4. The molecule has 0 saturated carbocycles. The molecule has 1 saturated heterocycles. The summed E-state index contributed by atoms with van der Waals surface area (Å²) in [4.78, 5) is 11.6. The van der Waals surface area contributed by atoms with Gasteiger partial charge in [-0.25, -0.2) is 4.79 Å². The van der Waals surface area contributed by atoms with Crippen LogP contribution < -0.4 is 9.47 Å². The zero-order valence-corrected chi connectivity index (χ0v) is 16.1. The summed E-state index contributed by atoms with van der Waals surface area (Å²) in [6.45, 7) is -0.258. The maximum atomic E-state index is 11.6. The van der Waals surface area contributed by atoms with Crippen LogP contribution >= 0.6 is 0 Å². The summed E-state index contributed by atoms with van der Waals surface area (Å²) in [5.41, 5.74) is 0.958. The molecule has 3 rings (SSSR count). The first kappa shape index (κ1) is 21.1. The highest BCUT2D eigenvalue weighted by Gasteiger charge is 2.37. The molecular weight excluding hydrogens is 380 g/mol. The van der Waals surface area contributed by atoms with Crippen molar-refractivity contribution in [3.05, 3.63) is 53.6 Å². The number of hydrogen-bond acceptors (Lipinski definition) is 8. The molecule has 156 valence electrons. The van der Waals surface area contributed by atoms with Crippen molar-refractivity contribution in [3.8, 4) is 17.2 Å². The Morgan fingerprint density at radius 2 is 1.83 bits per heavy atom. The number of carbonyl (C=O) groups excluding carboxylic acids is 1. The molecule has 8 heteroatoms. The van der Waals surface area contributed by atoms with E-state index in [0.29, 0.717) is 28.4 Å². The lowest BCUT2D eigenvalue weighted by Gasteiger charge is -2.37. The summed E-state index contributed by atoms with van der Waals surface area (Å²) in [5.74, 6) is 0.839. The van der Waals surface area contributed by atoms with E-state index < -0.39 is 30.4 Å². The zero-order chi connectivity index (χ0) is 21.0. The maximum absolute atomic E-state index is 11.6. The van der Waals surface area contributed by atoms with E-state index in [-0.39, 0.29) is 13.0 Å². The van der Waals surface area contributed by atoms with Gasteiger partial charge in [-0.15, -0.1) is 0 Å². The second-order valence-electron chi connectivity index (χ2n) is 6.68. The largest absolute Gasteiger partial charge is 0.493 e. The summed E-state index contributed by atoms with van der Waals surface area (Å²) in [6.07, 6.45) is -3.40. The summed E-state index contributed by atoms with van der Waals surface area (Å²) in [5, 5.41) is 29.8. The van der Waals surface area contributed by atoms with Gasteiger partial charge in [0.15, 0.2) is 11.5 Å². The molecule has 2 aromatic rings. The number of benzene rings is 2. The van der Waals surface area contributed by atoms with Gasteiger partial charge in [-0.05, 0) is 42.0 Å². The molecule has 29 heavy (non-hydrogen) atoms. The molecule has 0 amide bonds. The molecular formula is C21H24O8. The fraction of sp³-hybridized carbons (Fsp3) is 0.381. The molecule has 3 N–H and O–H groups in total. The molecule has 1 heterocycles. The molecule has 0 aliphatic carbocycles. The minimum absolute atomic E-state index is 0.153. The average molecular weight is 404 g/mol. The van der Waals surface area contributed by atoms with E-state index in [2.05, 4.69) is 4.74 Å². The topological polar surface area (TPSA) is 115 Å². The summed E-state index contributed by atoms with van der Waals surface area (Å²) >= 11 is 0. The molecule has 0 radical (unpaired) electrons. The van der Waals surface area contributed by atoms with Crippen molar-refractivity contribution < 1.29 is 39.1 Å². The fourth-order valence-corrected chi connectivity index (χ4v) is 3.20. The Balaban J connectivity index is 1.86. The van der Waals surface area contributed by atoms with Gasteiger partial charge in [-0.3, -0.25) is 0 Å². The van der Waals surface area contributed by atoms with Crippen LogP contribution in [0.4, 0.5) is 0 Å². The molecule has 3 unspecified atom stereocenters. The SMILES string of the molecule is COC(=O)c1ccc(Oc2cc([C@H]3OC(CO)CC(O)C3O)ccc2OC)cc1. The first-order chi connectivity index (χ1) is 14.0. The normalized spacial score (nSPS) is 24.0. The van der Waals surface area contributed by atoms with Crippen LogP contribution in [0.3, 0.4) is 0 Å². The predicted molar refractivity (Wildman–Crippen MR) is 102 cm³/mol. The van der Waals surface area contributed by atoms with Crippen molar-refractivity contribution in [2.75, 3.05) is 20.8 Å². The Hall–Kier alpha value is -2.65. The van der Waals surface area contributed by atoms with Crippen molar-refractivity contribution in [2.45, 2.75) is 30.8 Å². The summed E-state index contributed by atoms with van der Waals surface area (Å²) < 4.78 is 21.6. The van der Waals surface area contributed by atoms with Crippen molar-refractivity contribution in [1.82, 2.24) is 0 Å². The Labute approximate surface area is 168 Å². The van der Waals surface area contributed by atoms with E-state index in [0.717, 1.165) is 0 Å². The number of aliphatic hydroxyl groups is 3. The molecule has 4 atom stereocenters. The Morgan fingerprint density at radius 1 is 1.10 bits per heavy atom. The third-order valence-electron chi connectivity index (χ3n) is 4.77. The van der Waals surface area contributed by atoms with Crippen LogP contribution in [0.1, 0.15) is 28.4 Å². The van der Waals surface area contributed by atoms with Crippen LogP contribution in [0, 0.1) is 0 Å². The minimum Gasteiger partial charge on any atom is -0.493 e. The molecule has 0 bridgehead atoms. The molecule has 0 aromatic heterocycles. The smallest absolute Gasteiger partial charge is 0.337 e. The fourth-order valence-electron chi connectivity index (χ4n) is 3.20. The highest BCUT2D eigenvalue weighted by atomic mass is 16.5. The van der Waals surface area contributed by atoms with E-state index in [4.69, 9.17) is 14.2 Å². The third kappa shape index (κ3) is 4.68. The Bertz CT molecular complexity index is 835. The van der Waals surface area contributed by atoms with Crippen LogP contribution in [-0.2, 0) is 9.47 Å². The van der Waals surface area contributed by atoms with Gasteiger partial charge in [0, 0.05) is 6.42 Å². The number of carbonyl (C=O) groups is 1. The Kier molecular flexibility index (Phi) is 6.71. The molecule has 8 nitrogen and oxygen atoms in total. The highest BCUT2D eigenvalue weighted by Crippen LogP contribution is 2.38. The van der Waals surface area contributed by atoms with E-state index in [1.54, 1.807) is 42.5 Å². The monoisotopic (exact) mass is 404 g/mol. The quantitative estimate of drug-likeness (QED) is 0.625. The van der Waals surface area contributed by atoms with Crippen molar-refractivity contribution in [3.63, 3.8) is 0 Å². The van der Waals surface area contributed by atoms with Crippen molar-refractivity contribution in [2.24, 2.45) is 0 Å². The van der Waals surface area contributed by atoms with Gasteiger partial charge >= 0.3 is 5.97 Å². The average Bonchev–Trinajstić information content (AvgIpc) is 2.75. The van der Waals surface area contributed by atoms with Gasteiger partial charge in [0.1, 0.15) is 18.0 Å². The standard InChI is InChI=1S/C21H24O8/c1-26-17-8-5-13(20-19(24)16(23)10-15(11-22)29-20)9-18(17)28-14-6-3-12(4-7-14)21(25)27-2/h3-9,15-16,19-20,22-24H,10-11H2,1-2H3/t15?,16?,19?,20-/m1/s1. The Morgan fingerprint density at radius 3 is 2.45 bits per heavy atom.